The van der Waals surface area contributed by atoms with Crippen LogP contribution in [0.15, 0.2) is 41.0 Å². The van der Waals surface area contributed by atoms with E-state index in [1.54, 1.807) is 12.3 Å². The second kappa shape index (κ2) is 5.90. The summed E-state index contributed by atoms with van der Waals surface area (Å²) in [6, 6.07) is 8.72. The number of hydrogen-bond acceptors (Lipinski definition) is 4. The van der Waals surface area contributed by atoms with Crippen molar-refractivity contribution in [2.24, 2.45) is 5.73 Å². The first-order valence-corrected chi connectivity index (χ1v) is 6.42. The van der Waals surface area contributed by atoms with E-state index < -0.39 is 12.0 Å². The zero-order valence-corrected chi connectivity index (χ0v) is 11.5. The molecule has 1 aromatic heterocycles. The minimum Gasteiger partial charge on any atom is -0.481 e. The van der Waals surface area contributed by atoms with Gasteiger partial charge in [-0.3, -0.25) is 4.79 Å². The molecule has 1 heterocycles. The van der Waals surface area contributed by atoms with E-state index in [0.29, 0.717) is 5.82 Å². The Kier molecular flexibility index (Phi) is 4.24. The van der Waals surface area contributed by atoms with Crippen molar-refractivity contribution in [3.05, 3.63) is 46.8 Å². The zero-order chi connectivity index (χ0) is 13.8. The fraction of sp³-hybridized carbons (Fsp3) is 0.154. The lowest BCUT2D eigenvalue weighted by Crippen LogP contribution is -2.18. The number of aliphatic carboxylic acids is 1. The highest BCUT2D eigenvalue weighted by Crippen LogP contribution is 2.20. The summed E-state index contributed by atoms with van der Waals surface area (Å²) in [6.07, 6.45) is 1.39. The van der Waals surface area contributed by atoms with E-state index in [0.717, 1.165) is 15.7 Å². The van der Waals surface area contributed by atoms with Gasteiger partial charge in [-0.15, -0.1) is 0 Å². The molecule has 0 aliphatic rings. The van der Waals surface area contributed by atoms with Crippen molar-refractivity contribution in [2.45, 2.75) is 12.5 Å². The van der Waals surface area contributed by atoms with Gasteiger partial charge < -0.3 is 10.8 Å². The molecule has 3 N–H and O–H groups in total. The van der Waals surface area contributed by atoms with Crippen LogP contribution in [-0.4, -0.2) is 21.0 Å². The maximum atomic E-state index is 10.6. The van der Waals surface area contributed by atoms with E-state index >= 15 is 0 Å². The van der Waals surface area contributed by atoms with E-state index in [1.807, 2.05) is 24.3 Å². The summed E-state index contributed by atoms with van der Waals surface area (Å²) in [5.74, 6) is -0.632. The van der Waals surface area contributed by atoms with Crippen molar-refractivity contribution in [2.75, 3.05) is 0 Å². The number of benzene rings is 1. The fourth-order valence-electron chi connectivity index (χ4n) is 1.61. The Morgan fingerprint density at radius 1 is 1.32 bits per heavy atom. The Balaban J connectivity index is 2.28. The molecule has 0 aliphatic carbocycles. The molecule has 0 fully saturated rings. The number of hydrogen-bond donors (Lipinski definition) is 2. The van der Waals surface area contributed by atoms with Crippen LogP contribution in [0.5, 0.6) is 0 Å². The highest BCUT2D eigenvalue weighted by atomic mass is 79.9. The summed E-state index contributed by atoms with van der Waals surface area (Å²) in [7, 11) is 0. The minimum absolute atomic E-state index is 0.191. The fourth-order valence-corrected chi connectivity index (χ4v) is 1.88. The summed E-state index contributed by atoms with van der Waals surface area (Å²) < 4.78 is 0.980. The first-order chi connectivity index (χ1) is 9.06. The highest BCUT2D eigenvalue weighted by molar-refractivity contribution is 9.10. The van der Waals surface area contributed by atoms with Crippen molar-refractivity contribution >= 4 is 21.9 Å². The van der Waals surface area contributed by atoms with Crippen molar-refractivity contribution in [3.8, 4) is 11.3 Å². The van der Waals surface area contributed by atoms with Gasteiger partial charge in [0.05, 0.1) is 18.2 Å². The molecule has 0 radical (unpaired) electrons. The number of rotatable bonds is 4. The molecule has 0 spiro atoms. The quantitative estimate of drug-likeness (QED) is 0.902. The zero-order valence-electron chi connectivity index (χ0n) is 9.95. The van der Waals surface area contributed by atoms with Gasteiger partial charge in [0.2, 0.25) is 0 Å². The van der Waals surface area contributed by atoms with E-state index in [2.05, 4.69) is 25.9 Å². The monoisotopic (exact) mass is 321 g/mol. The van der Waals surface area contributed by atoms with Crippen LogP contribution in [0.2, 0.25) is 0 Å². The molecule has 0 saturated heterocycles. The molecule has 0 amide bonds. The van der Waals surface area contributed by atoms with Gasteiger partial charge in [0, 0.05) is 16.2 Å². The van der Waals surface area contributed by atoms with Gasteiger partial charge in [-0.25, -0.2) is 9.97 Å². The van der Waals surface area contributed by atoms with Crippen LogP contribution in [0.1, 0.15) is 18.3 Å². The predicted molar refractivity (Wildman–Crippen MR) is 74.3 cm³/mol. The summed E-state index contributed by atoms with van der Waals surface area (Å²) in [5.41, 5.74) is 7.40. The largest absolute Gasteiger partial charge is 0.481 e. The molecule has 5 nitrogen and oxygen atoms in total. The van der Waals surface area contributed by atoms with Crippen molar-refractivity contribution < 1.29 is 9.90 Å². The summed E-state index contributed by atoms with van der Waals surface area (Å²) in [5, 5.41) is 8.72. The van der Waals surface area contributed by atoms with Crippen LogP contribution >= 0.6 is 15.9 Å². The van der Waals surface area contributed by atoms with Gasteiger partial charge in [0.15, 0.2) is 0 Å². The Bertz CT molecular complexity index is 587. The lowest BCUT2D eigenvalue weighted by molar-refractivity contribution is -0.137. The molecule has 0 aliphatic heterocycles. The number of aromatic nitrogens is 2. The van der Waals surface area contributed by atoms with Crippen LogP contribution in [0.4, 0.5) is 0 Å². The van der Waals surface area contributed by atoms with Crippen molar-refractivity contribution in [1.82, 2.24) is 9.97 Å². The van der Waals surface area contributed by atoms with Gasteiger partial charge in [0.25, 0.3) is 0 Å². The number of carbonyl (C=O) groups is 1. The first kappa shape index (κ1) is 13.6. The molecule has 0 saturated carbocycles. The van der Waals surface area contributed by atoms with E-state index in [4.69, 9.17) is 10.8 Å². The molecule has 2 rings (SSSR count). The van der Waals surface area contributed by atoms with Gasteiger partial charge in [-0.05, 0) is 18.2 Å². The Morgan fingerprint density at radius 3 is 2.63 bits per heavy atom. The lowest BCUT2D eigenvalue weighted by atomic mass is 10.1. The summed E-state index contributed by atoms with van der Waals surface area (Å²) in [6.45, 7) is 0. The average Bonchev–Trinajstić information content (AvgIpc) is 2.39. The van der Waals surface area contributed by atoms with E-state index in [1.165, 1.54) is 0 Å². The van der Waals surface area contributed by atoms with Gasteiger partial charge >= 0.3 is 5.97 Å². The SMILES string of the molecule is NC(CC(=O)O)c1nccc(-c2ccc(Br)cc2)n1. The van der Waals surface area contributed by atoms with Gasteiger partial charge in [-0.1, -0.05) is 28.1 Å². The van der Waals surface area contributed by atoms with Gasteiger partial charge in [-0.2, -0.15) is 0 Å². The third-order valence-electron chi connectivity index (χ3n) is 2.54. The van der Waals surface area contributed by atoms with Crippen LogP contribution in [0, 0.1) is 0 Å². The molecular formula is C13H12BrN3O2. The first-order valence-electron chi connectivity index (χ1n) is 5.62. The standard InChI is InChI=1S/C13H12BrN3O2/c14-9-3-1-8(2-4-9)11-5-6-16-13(17-11)10(15)7-12(18)19/h1-6,10H,7,15H2,(H,18,19). The molecular weight excluding hydrogens is 310 g/mol. The van der Waals surface area contributed by atoms with Gasteiger partial charge in [0.1, 0.15) is 5.82 Å². The number of nitrogens with zero attached hydrogens (tertiary/aromatic N) is 2. The van der Waals surface area contributed by atoms with Crippen LogP contribution in [0.3, 0.4) is 0 Å². The molecule has 98 valence electrons. The van der Waals surface area contributed by atoms with Crippen molar-refractivity contribution in [3.63, 3.8) is 0 Å². The molecule has 1 aromatic carbocycles. The second-order valence-corrected chi connectivity index (χ2v) is 4.93. The molecule has 1 unspecified atom stereocenters. The molecule has 0 bridgehead atoms. The number of halogens is 1. The molecule has 6 heteroatoms. The van der Waals surface area contributed by atoms with Crippen LogP contribution in [0.25, 0.3) is 11.3 Å². The van der Waals surface area contributed by atoms with E-state index in [-0.39, 0.29) is 6.42 Å². The summed E-state index contributed by atoms with van der Waals surface area (Å²) in [4.78, 5) is 19.0. The molecule has 2 aromatic rings. The average molecular weight is 322 g/mol. The Morgan fingerprint density at radius 2 is 2.00 bits per heavy atom. The topological polar surface area (TPSA) is 89.1 Å². The maximum absolute atomic E-state index is 10.6. The predicted octanol–water partition coefficient (Wildman–Crippen LogP) is 2.38. The Hall–Kier alpha value is -1.79. The van der Waals surface area contributed by atoms with Crippen molar-refractivity contribution in [1.29, 1.82) is 0 Å². The maximum Gasteiger partial charge on any atom is 0.305 e. The van der Waals surface area contributed by atoms with E-state index in [9.17, 15) is 4.79 Å². The number of carboxylic acids is 1. The highest BCUT2D eigenvalue weighted by Gasteiger charge is 2.14. The third kappa shape index (κ3) is 3.59. The minimum atomic E-state index is -0.967. The second-order valence-electron chi connectivity index (χ2n) is 4.01. The third-order valence-corrected chi connectivity index (χ3v) is 3.07. The Labute approximate surface area is 118 Å². The smallest absolute Gasteiger partial charge is 0.305 e. The molecule has 1 atom stereocenters. The molecule has 19 heavy (non-hydrogen) atoms. The summed E-state index contributed by atoms with van der Waals surface area (Å²) >= 11 is 3.36. The van der Waals surface area contributed by atoms with Crippen LogP contribution in [-0.2, 0) is 4.79 Å². The normalized spacial score (nSPS) is 12.1. The number of carboxylic acid groups (broad SMARTS) is 1. The number of nitrogens with two attached hydrogens (primary N) is 1. The van der Waals surface area contributed by atoms with Crippen LogP contribution < -0.4 is 5.73 Å². The lowest BCUT2D eigenvalue weighted by Gasteiger charge is -2.09.